The Bertz CT molecular complexity index is 544. The van der Waals surface area contributed by atoms with Crippen molar-refractivity contribution in [2.45, 2.75) is 12.5 Å². The second-order valence-corrected chi connectivity index (χ2v) is 4.71. The minimum Gasteiger partial charge on any atom is -0.377 e. The molecule has 0 aromatic heterocycles. The van der Waals surface area contributed by atoms with Gasteiger partial charge in [-0.25, -0.2) is 0 Å². The van der Waals surface area contributed by atoms with Crippen LogP contribution in [0.4, 0.5) is 0 Å². The van der Waals surface area contributed by atoms with Gasteiger partial charge in [0.2, 0.25) is 0 Å². The van der Waals surface area contributed by atoms with Crippen LogP contribution in [-0.4, -0.2) is 10.9 Å². The first-order valence-electron chi connectivity index (χ1n) is 5.60. The maximum Gasteiger partial charge on any atom is 0.198 e. The van der Waals surface area contributed by atoms with Crippen molar-refractivity contribution in [1.29, 1.82) is 0 Å². The summed E-state index contributed by atoms with van der Waals surface area (Å²) in [5, 5.41) is 11.0. The highest BCUT2D eigenvalue weighted by Crippen LogP contribution is 2.26. The minimum absolute atomic E-state index is 0.328. The number of aliphatic hydroxyl groups is 1. The number of ketones is 1. The zero-order chi connectivity index (χ0) is 13.2. The number of Topliss-reactive ketones (excluding diaryl/α,β-unsaturated/α-hetero) is 1. The summed E-state index contributed by atoms with van der Waals surface area (Å²) in [4.78, 5) is 12.3. The quantitative estimate of drug-likeness (QED) is 0.859. The van der Waals surface area contributed by atoms with E-state index in [0.29, 0.717) is 16.1 Å². The van der Waals surface area contributed by atoms with Crippen LogP contribution in [0.25, 0.3) is 0 Å². The van der Waals surface area contributed by atoms with Gasteiger partial charge in [-0.05, 0) is 24.6 Å². The van der Waals surface area contributed by atoms with Crippen molar-refractivity contribution in [2.75, 3.05) is 0 Å². The van der Waals surface area contributed by atoms with Gasteiger partial charge in [-0.2, -0.15) is 0 Å². The SMILES string of the molecule is CC(O)(C(=O)c1ccccc1)c1ccc(Cl)cc1. The molecule has 0 spiro atoms. The lowest BCUT2D eigenvalue weighted by molar-refractivity contribution is 0.0392. The van der Waals surface area contributed by atoms with Gasteiger partial charge in [-0.1, -0.05) is 54.1 Å². The molecule has 0 aliphatic rings. The van der Waals surface area contributed by atoms with Crippen molar-refractivity contribution in [1.82, 2.24) is 0 Å². The van der Waals surface area contributed by atoms with Crippen molar-refractivity contribution in [3.8, 4) is 0 Å². The van der Waals surface area contributed by atoms with Gasteiger partial charge in [-0.3, -0.25) is 4.79 Å². The van der Waals surface area contributed by atoms with Gasteiger partial charge in [0, 0.05) is 10.6 Å². The van der Waals surface area contributed by atoms with E-state index in [1.54, 1.807) is 48.5 Å². The van der Waals surface area contributed by atoms with Crippen LogP contribution in [0.15, 0.2) is 54.6 Å². The van der Waals surface area contributed by atoms with Crippen LogP contribution in [0, 0.1) is 0 Å². The standard InChI is InChI=1S/C15H13ClO2/c1-15(18,12-7-9-13(16)10-8-12)14(17)11-5-3-2-4-6-11/h2-10,18H,1H3. The monoisotopic (exact) mass is 260 g/mol. The largest absolute Gasteiger partial charge is 0.377 e. The Kier molecular flexibility index (Phi) is 3.50. The molecule has 0 radical (unpaired) electrons. The molecule has 92 valence electrons. The first-order valence-corrected chi connectivity index (χ1v) is 5.98. The van der Waals surface area contributed by atoms with E-state index in [1.807, 2.05) is 6.07 Å². The van der Waals surface area contributed by atoms with Gasteiger partial charge < -0.3 is 5.11 Å². The lowest BCUT2D eigenvalue weighted by Gasteiger charge is -2.22. The van der Waals surface area contributed by atoms with E-state index >= 15 is 0 Å². The highest BCUT2D eigenvalue weighted by molar-refractivity contribution is 6.30. The average molecular weight is 261 g/mol. The van der Waals surface area contributed by atoms with Gasteiger partial charge in [0.05, 0.1) is 0 Å². The number of carbonyl (C=O) groups excluding carboxylic acids is 1. The van der Waals surface area contributed by atoms with E-state index in [-0.39, 0.29) is 5.78 Å². The van der Waals surface area contributed by atoms with E-state index < -0.39 is 5.60 Å². The Hall–Kier alpha value is -1.64. The predicted octanol–water partition coefficient (Wildman–Crippen LogP) is 3.43. The molecule has 3 heteroatoms. The smallest absolute Gasteiger partial charge is 0.198 e. The lowest BCUT2D eigenvalue weighted by atomic mass is 9.88. The van der Waals surface area contributed by atoms with E-state index in [4.69, 9.17) is 11.6 Å². The summed E-state index contributed by atoms with van der Waals surface area (Å²) < 4.78 is 0. The lowest BCUT2D eigenvalue weighted by Crippen LogP contribution is -2.32. The van der Waals surface area contributed by atoms with E-state index in [1.165, 1.54) is 6.92 Å². The third-order valence-electron chi connectivity index (χ3n) is 2.88. The van der Waals surface area contributed by atoms with E-state index in [9.17, 15) is 9.90 Å². The van der Waals surface area contributed by atoms with E-state index in [0.717, 1.165) is 0 Å². The predicted molar refractivity (Wildman–Crippen MR) is 71.8 cm³/mol. The summed E-state index contributed by atoms with van der Waals surface area (Å²) in [6.45, 7) is 1.49. The fourth-order valence-corrected chi connectivity index (χ4v) is 1.90. The van der Waals surface area contributed by atoms with Crippen LogP contribution < -0.4 is 0 Å². The second kappa shape index (κ2) is 4.92. The fraction of sp³-hybridized carbons (Fsp3) is 0.133. The molecule has 1 atom stereocenters. The number of hydrogen-bond donors (Lipinski definition) is 1. The van der Waals surface area contributed by atoms with Gasteiger partial charge in [0.15, 0.2) is 5.78 Å². The van der Waals surface area contributed by atoms with Crippen molar-refractivity contribution < 1.29 is 9.90 Å². The Balaban J connectivity index is 2.37. The van der Waals surface area contributed by atoms with Crippen LogP contribution in [0.1, 0.15) is 22.8 Å². The molecule has 0 amide bonds. The third kappa shape index (κ3) is 2.45. The highest BCUT2D eigenvalue weighted by Gasteiger charge is 2.32. The third-order valence-corrected chi connectivity index (χ3v) is 3.14. The van der Waals surface area contributed by atoms with Crippen LogP contribution in [-0.2, 0) is 5.60 Å². The zero-order valence-electron chi connectivity index (χ0n) is 9.93. The molecule has 0 fully saturated rings. The van der Waals surface area contributed by atoms with Gasteiger partial charge >= 0.3 is 0 Å². The average Bonchev–Trinajstić information content (AvgIpc) is 2.39. The molecular formula is C15H13ClO2. The number of benzene rings is 2. The molecule has 2 nitrogen and oxygen atoms in total. The molecule has 2 rings (SSSR count). The first kappa shape index (κ1) is 12.8. The maximum atomic E-state index is 12.3. The van der Waals surface area contributed by atoms with Crippen LogP contribution >= 0.6 is 11.6 Å². The molecule has 0 saturated carbocycles. The van der Waals surface area contributed by atoms with Crippen molar-refractivity contribution in [3.63, 3.8) is 0 Å². The zero-order valence-corrected chi connectivity index (χ0v) is 10.7. The van der Waals surface area contributed by atoms with E-state index in [2.05, 4.69) is 0 Å². The normalized spacial score (nSPS) is 13.9. The van der Waals surface area contributed by atoms with Crippen LogP contribution in [0.3, 0.4) is 0 Å². The molecule has 18 heavy (non-hydrogen) atoms. The topological polar surface area (TPSA) is 37.3 Å². The Morgan fingerprint density at radius 2 is 1.61 bits per heavy atom. The Morgan fingerprint density at radius 1 is 1.06 bits per heavy atom. The summed E-state index contributed by atoms with van der Waals surface area (Å²) in [5.74, 6) is -0.328. The molecule has 2 aromatic carbocycles. The number of hydrogen-bond acceptors (Lipinski definition) is 2. The Morgan fingerprint density at radius 3 is 2.17 bits per heavy atom. The van der Waals surface area contributed by atoms with Crippen LogP contribution in [0.2, 0.25) is 5.02 Å². The molecule has 0 saturated heterocycles. The van der Waals surface area contributed by atoms with Gasteiger partial charge in [0.25, 0.3) is 0 Å². The summed E-state index contributed by atoms with van der Waals surface area (Å²) in [7, 11) is 0. The molecule has 2 aromatic rings. The van der Waals surface area contributed by atoms with Crippen LogP contribution in [0.5, 0.6) is 0 Å². The molecular weight excluding hydrogens is 248 g/mol. The first-order chi connectivity index (χ1) is 8.51. The number of halogens is 1. The van der Waals surface area contributed by atoms with Gasteiger partial charge in [-0.15, -0.1) is 0 Å². The molecule has 0 aliphatic carbocycles. The molecule has 1 unspecified atom stereocenters. The molecule has 0 heterocycles. The summed E-state index contributed by atoms with van der Waals surface area (Å²) in [6.07, 6.45) is 0. The highest BCUT2D eigenvalue weighted by atomic mass is 35.5. The van der Waals surface area contributed by atoms with Crippen molar-refractivity contribution in [3.05, 3.63) is 70.7 Å². The Labute approximate surface area is 111 Å². The number of rotatable bonds is 3. The second-order valence-electron chi connectivity index (χ2n) is 4.27. The summed E-state index contributed by atoms with van der Waals surface area (Å²) >= 11 is 5.79. The number of carbonyl (C=O) groups is 1. The molecule has 1 N–H and O–H groups in total. The molecule has 0 aliphatic heterocycles. The summed E-state index contributed by atoms with van der Waals surface area (Å²) in [6, 6.07) is 15.4. The summed E-state index contributed by atoms with van der Waals surface area (Å²) in [5.41, 5.74) is -0.537. The van der Waals surface area contributed by atoms with Gasteiger partial charge in [0.1, 0.15) is 5.60 Å². The van der Waals surface area contributed by atoms with Crippen molar-refractivity contribution in [2.24, 2.45) is 0 Å². The maximum absolute atomic E-state index is 12.3. The van der Waals surface area contributed by atoms with Crippen molar-refractivity contribution >= 4 is 17.4 Å². The fourth-order valence-electron chi connectivity index (χ4n) is 1.78. The molecule has 0 bridgehead atoms. The minimum atomic E-state index is -1.55.